The summed E-state index contributed by atoms with van der Waals surface area (Å²) in [6.45, 7) is 10.9. The quantitative estimate of drug-likeness (QED) is 0.626. The molecule has 0 aromatic carbocycles. The van der Waals surface area contributed by atoms with Crippen molar-refractivity contribution in [2.24, 2.45) is 5.41 Å². The first kappa shape index (κ1) is 13.9. The van der Waals surface area contributed by atoms with E-state index < -0.39 is 28.4 Å². The summed E-state index contributed by atoms with van der Waals surface area (Å²) in [5.74, 6) is -1.29. The fourth-order valence-corrected chi connectivity index (χ4v) is 2.67. The van der Waals surface area contributed by atoms with Crippen molar-refractivity contribution in [1.29, 1.82) is 0 Å². The zero-order valence-electron chi connectivity index (χ0n) is 11.4. The van der Waals surface area contributed by atoms with Crippen LogP contribution in [-0.4, -0.2) is 40.3 Å². The summed E-state index contributed by atoms with van der Waals surface area (Å²) in [5.41, 5.74) is -2.35. The SMILES string of the molecule is CNC1(C)C(C)(O)C(C)OC(C)(O)C1(C)C. The van der Waals surface area contributed by atoms with E-state index in [0.29, 0.717) is 0 Å². The van der Waals surface area contributed by atoms with Crippen molar-refractivity contribution < 1.29 is 14.9 Å². The summed E-state index contributed by atoms with van der Waals surface area (Å²) in [7, 11) is 1.80. The number of ether oxygens (including phenoxy) is 1. The number of hydrogen-bond acceptors (Lipinski definition) is 4. The highest BCUT2D eigenvalue weighted by atomic mass is 16.6. The molecule has 4 atom stereocenters. The van der Waals surface area contributed by atoms with Crippen LogP contribution in [-0.2, 0) is 4.74 Å². The summed E-state index contributed by atoms with van der Waals surface area (Å²) in [6, 6.07) is 0. The average Bonchev–Trinajstić information content (AvgIpc) is 2.13. The van der Waals surface area contributed by atoms with Gasteiger partial charge < -0.3 is 20.3 Å². The molecular formula is C12H25NO3. The van der Waals surface area contributed by atoms with Crippen LogP contribution >= 0.6 is 0 Å². The van der Waals surface area contributed by atoms with Crippen LogP contribution in [0.2, 0.25) is 0 Å². The Kier molecular flexibility index (Phi) is 2.97. The van der Waals surface area contributed by atoms with Crippen LogP contribution in [0.25, 0.3) is 0 Å². The first-order valence-electron chi connectivity index (χ1n) is 5.75. The monoisotopic (exact) mass is 231 g/mol. The Balaban J connectivity index is 3.36. The van der Waals surface area contributed by atoms with Gasteiger partial charge in [-0.25, -0.2) is 0 Å². The van der Waals surface area contributed by atoms with Gasteiger partial charge in [0.15, 0.2) is 5.79 Å². The van der Waals surface area contributed by atoms with E-state index in [1.54, 1.807) is 27.8 Å². The Labute approximate surface area is 98.0 Å². The van der Waals surface area contributed by atoms with Crippen molar-refractivity contribution >= 4 is 0 Å². The third kappa shape index (κ3) is 1.37. The third-order valence-electron chi connectivity index (χ3n) is 5.12. The van der Waals surface area contributed by atoms with E-state index in [1.165, 1.54) is 0 Å². The number of hydrogen-bond donors (Lipinski definition) is 3. The Morgan fingerprint density at radius 1 is 1.06 bits per heavy atom. The molecule has 0 bridgehead atoms. The molecule has 96 valence electrons. The number of rotatable bonds is 1. The van der Waals surface area contributed by atoms with Gasteiger partial charge in [-0.05, 0) is 34.7 Å². The molecule has 0 spiro atoms. The Morgan fingerprint density at radius 3 is 1.88 bits per heavy atom. The summed E-state index contributed by atoms with van der Waals surface area (Å²) in [4.78, 5) is 0. The van der Waals surface area contributed by atoms with Crippen LogP contribution < -0.4 is 5.32 Å². The summed E-state index contributed by atoms with van der Waals surface area (Å²) >= 11 is 0. The molecule has 0 amide bonds. The highest BCUT2D eigenvalue weighted by molar-refractivity contribution is 5.17. The average molecular weight is 231 g/mol. The topological polar surface area (TPSA) is 61.7 Å². The molecule has 1 rings (SSSR count). The van der Waals surface area contributed by atoms with Gasteiger partial charge in [-0.3, -0.25) is 0 Å². The van der Waals surface area contributed by atoms with Gasteiger partial charge in [-0.2, -0.15) is 0 Å². The molecule has 1 fully saturated rings. The predicted octanol–water partition coefficient (Wildman–Crippen LogP) is 0.869. The first-order chi connectivity index (χ1) is 6.94. The van der Waals surface area contributed by atoms with E-state index >= 15 is 0 Å². The van der Waals surface area contributed by atoms with Gasteiger partial charge in [0.1, 0.15) is 5.60 Å². The van der Waals surface area contributed by atoms with Gasteiger partial charge in [0.05, 0.1) is 11.6 Å². The van der Waals surface area contributed by atoms with Gasteiger partial charge in [-0.1, -0.05) is 13.8 Å². The molecule has 0 saturated carbocycles. The van der Waals surface area contributed by atoms with Crippen molar-refractivity contribution in [1.82, 2.24) is 5.32 Å². The largest absolute Gasteiger partial charge is 0.386 e. The zero-order valence-corrected chi connectivity index (χ0v) is 11.4. The molecule has 4 nitrogen and oxygen atoms in total. The van der Waals surface area contributed by atoms with Crippen LogP contribution in [0, 0.1) is 5.41 Å². The van der Waals surface area contributed by atoms with Crippen molar-refractivity contribution in [3.63, 3.8) is 0 Å². The Morgan fingerprint density at radius 2 is 1.50 bits per heavy atom. The van der Waals surface area contributed by atoms with Crippen molar-refractivity contribution in [2.45, 2.75) is 64.6 Å². The molecule has 0 aliphatic carbocycles. The fraction of sp³-hybridized carbons (Fsp3) is 1.00. The molecule has 0 radical (unpaired) electrons. The Hall–Kier alpha value is -0.160. The minimum Gasteiger partial charge on any atom is -0.386 e. The lowest BCUT2D eigenvalue weighted by atomic mass is 9.57. The van der Waals surface area contributed by atoms with Gasteiger partial charge >= 0.3 is 0 Å². The molecule has 16 heavy (non-hydrogen) atoms. The van der Waals surface area contributed by atoms with E-state index in [0.717, 1.165) is 0 Å². The van der Waals surface area contributed by atoms with Crippen molar-refractivity contribution in [3.05, 3.63) is 0 Å². The van der Waals surface area contributed by atoms with E-state index in [9.17, 15) is 10.2 Å². The molecule has 1 saturated heterocycles. The summed E-state index contributed by atoms with van der Waals surface area (Å²) in [6.07, 6.45) is -0.451. The molecule has 0 aromatic heterocycles. The van der Waals surface area contributed by atoms with E-state index in [4.69, 9.17) is 4.74 Å². The van der Waals surface area contributed by atoms with Crippen LogP contribution in [0.4, 0.5) is 0 Å². The third-order valence-corrected chi connectivity index (χ3v) is 5.12. The molecular weight excluding hydrogens is 206 g/mol. The van der Waals surface area contributed by atoms with E-state index in [-0.39, 0.29) is 0 Å². The van der Waals surface area contributed by atoms with Crippen LogP contribution in [0.3, 0.4) is 0 Å². The smallest absolute Gasteiger partial charge is 0.170 e. The van der Waals surface area contributed by atoms with Gasteiger partial charge in [-0.15, -0.1) is 0 Å². The number of aliphatic hydroxyl groups is 2. The lowest BCUT2D eigenvalue weighted by Gasteiger charge is -2.63. The van der Waals surface area contributed by atoms with Crippen LogP contribution in [0.1, 0.15) is 41.5 Å². The summed E-state index contributed by atoms with van der Waals surface area (Å²) < 4.78 is 5.57. The fourth-order valence-electron chi connectivity index (χ4n) is 2.67. The van der Waals surface area contributed by atoms with Crippen LogP contribution in [0.5, 0.6) is 0 Å². The first-order valence-corrected chi connectivity index (χ1v) is 5.75. The predicted molar refractivity (Wildman–Crippen MR) is 63.0 cm³/mol. The highest BCUT2D eigenvalue weighted by Gasteiger charge is 2.66. The second-order valence-electron chi connectivity index (χ2n) is 5.89. The second kappa shape index (κ2) is 3.42. The minimum atomic E-state index is -1.29. The van der Waals surface area contributed by atoms with E-state index in [1.807, 2.05) is 20.8 Å². The normalized spacial score (nSPS) is 52.7. The lowest BCUT2D eigenvalue weighted by molar-refractivity contribution is -0.368. The zero-order chi connectivity index (χ0) is 13.0. The molecule has 4 unspecified atom stereocenters. The maximum atomic E-state index is 10.6. The minimum absolute atomic E-state index is 0.451. The van der Waals surface area contributed by atoms with Gasteiger partial charge in [0.25, 0.3) is 0 Å². The van der Waals surface area contributed by atoms with Crippen molar-refractivity contribution in [3.8, 4) is 0 Å². The van der Waals surface area contributed by atoms with Crippen molar-refractivity contribution in [2.75, 3.05) is 7.05 Å². The van der Waals surface area contributed by atoms with E-state index in [2.05, 4.69) is 5.32 Å². The molecule has 1 aliphatic heterocycles. The summed E-state index contributed by atoms with van der Waals surface area (Å²) in [5, 5.41) is 24.2. The number of nitrogens with one attached hydrogen (secondary N) is 1. The van der Waals surface area contributed by atoms with Gasteiger partial charge in [0.2, 0.25) is 0 Å². The molecule has 4 heteroatoms. The Bertz CT molecular complexity index is 286. The van der Waals surface area contributed by atoms with Gasteiger partial charge in [0, 0.05) is 5.41 Å². The maximum Gasteiger partial charge on any atom is 0.170 e. The lowest BCUT2D eigenvalue weighted by Crippen LogP contribution is -2.79. The molecule has 0 aromatic rings. The maximum absolute atomic E-state index is 10.6. The standard InChI is InChI=1S/C12H25NO3/c1-8-10(4,14)11(5,13-7)9(2,3)12(6,15)16-8/h8,13-15H,1-7H3. The number of likely N-dealkylation sites (N-methyl/N-ethyl adjacent to an activating group) is 1. The molecule has 1 heterocycles. The molecule has 3 N–H and O–H groups in total. The second-order valence-corrected chi connectivity index (χ2v) is 5.89. The molecule has 1 aliphatic rings. The van der Waals surface area contributed by atoms with Crippen LogP contribution in [0.15, 0.2) is 0 Å². The highest BCUT2D eigenvalue weighted by Crippen LogP contribution is 2.52.